The molecule has 138 valence electrons. The lowest BCUT2D eigenvalue weighted by molar-refractivity contribution is -0.384. The second kappa shape index (κ2) is 8.38. The molecule has 1 heterocycles. The maximum absolute atomic E-state index is 11.2. The molecule has 0 saturated carbocycles. The molecule has 0 N–H and O–H groups in total. The number of hydrogen-bond acceptors (Lipinski definition) is 6. The second-order valence-electron chi connectivity index (χ2n) is 6.41. The number of non-ortho nitro benzene ring substituents is 1. The van der Waals surface area contributed by atoms with Gasteiger partial charge in [0, 0.05) is 30.7 Å². The van der Waals surface area contributed by atoms with Gasteiger partial charge in [-0.3, -0.25) is 14.9 Å². The molecule has 1 aromatic carbocycles. The van der Waals surface area contributed by atoms with E-state index in [1.807, 2.05) is 6.92 Å². The highest BCUT2D eigenvalue weighted by atomic mass is 35.5. The van der Waals surface area contributed by atoms with Crippen LogP contribution < -0.4 is 4.74 Å². The molecular weight excluding hydrogens is 366 g/mol. The third-order valence-corrected chi connectivity index (χ3v) is 6.00. The fourth-order valence-corrected chi connectivity index (χ4v) is 3.84. The molecule has 0 aliphatic carbocycles. The van der Waals surface area contributed by atoms with Crippen LogP contribution in [-0.2, 0) is 9.53 Å². The number of carbonyl (C=O) groups is 1. The van der Waals surface area contributed by atoms with Crippen molar-refractivity contribution in [3.63, 3.8) is 0 Å². The summed E-state index contributed by atoms with van der Waals surface area (Å²) in [5, 5.41) is 11.0. The van der Waals surface area contributed by atoms with Crippen molar-refractivity contribution in [1.82, 2.24) is 0 Å². The molecular formula is C17H22ClNO5S. The first-order chi connectivity index (χ1) is 11.7. The minimum atomic E-state index is -0.525. The lowest BCUT2D eigenvalue weighted by Gasteiger charge is -2.43. The Morgan fingerprint density at radius 2 is 2.00 bits per heavy atom. The van der Waals surface area contributed by atoms with Crippen LogP contribution in [0.4, 0.5) is 5.69 Å². The Morgan fingerprint density at radius 3 is 2.56 bits per heavy atom. The van der Waals surface area contributed by atoms with E-state index in [9.17, 15) is 14.9 Å². The predicted octanol–water partition coefficient (Wildman–Crippen LogP) is 4.54. The molecule has 1 fully saturated rings. The van der Waals surface area contributed by atoms with Crippen LogP contribution in [0.25, 0.3) is 0 Å². The van der Waals surface area contributed by atoms with Gasteiger partial charge in [-0.1, -0.05) is 44.1 Å². The first kappa shape index (κ1) is 20.0. The topological polar surface area (TPSA) is 78.7 Å². The van der Waals surface area contributed by atoms with Crippen molar-refractivity contribution < 1.29 is 19.2 Å². The normalized spacial score (nSPS) is 29.2. The van der Waals surface area contributed by atoms with Gasteiger partial charge >= 0.3 is 0 Å². The lowest BCUT2D eigenvalue weighted by atomic mass is 9.79. The van der Waals surface area contributed by atoms with Crippen molar-refractivity contribution in [2.75, 3.05) is 5.75 Å². The smallest absolute Gasteiger partial charge is 0.271 e. The highest BCUT2D eigenvalue weighted by molar-refractivity contribution is 8.13. The molecule has 1 saturated heterocycles. The average molecular weight is 388 g/mol. The molecule has 1 aliphatic heterocycles. The Kier molecular flexibility index (Phi) is 6.71. The molecule has 0 radical (unpaired) electrons. The first-order valence-corrected chi connectivity index (χ1v) is 9.46. The number of rotatable bonds is 5. The predicted molar refractivity (Wildman–Crippen MR) is 98.0 cm³/mol. The van der Waals surface area contributed by atoms with E-state index in [0.717, 1.165) is 0 Å². The van der Waals surface area contributed by atoms with Crippen molar-refractivity contribution in [2.45, 2.75) is 40.1 Å². The van der Waals surface area contributed by atoms with Crippen molar-refractivity contribution in [2.24, 2.45) is 17.8 Å². The van der Waals surface area contributed by atoms with Crippen LogP contribution in [0.5, 0.6) is 5.75 Å². The number of halogens is 1. The molecule has 1 aliphatic rings. The van der Waals surface area contributed by atoms with Gasteiger partial charge in [0.1, 0.15) is 5.75 Å². The van der Waals surface area contributed by atoms with E-state index < -0.39 is 11.2 Å². The Hall–Kier alpha value is -1.31. The number of hydrogen-bond donors (Lipinski definition) is 0. The van der Waals surface area contributed by atoms with Crippen molar-refractivity contribution in [3.8, 4) is 5.75 Å². The number of thioether (sulfide) groups is 1. The van der Waals surface area contributed by atoms with E-state index >= 15 is 0 Å². The minimum Gasteiger partial charge on any atom is -0.463 e. The third kappa shape index (κ3) is 4.86. The van der Waals surface area contributed by atoms with Crippen LogP contribution >= 0.6 is 23.4 Å². The summed E-state index contributed by atoms with van der Waals surface area (Å²) in [6.07, 6.45) is -0.635. The number of ether oxygens (including phenoxy) is 2. The van der Waals surface area contributed by atoms with E-state index in [-0.39, 0.29) is 33.8 Å². The molecule has 0 amide bonds. The minimum absolute atomic E-state index is 0.0537. The maximum atomic E-state index is 11.2. The fraction of sp³-hybridized carbons (Fsp3) is 0.588. The van der Waals surface area contributed by atoms with Crippen LogP contribution in [-0.4, -0.2) is 28.2 Å². The zero-order valence-electron chi connectivity index (χ0n) is 14.6. The summed E-state index contributed by atoms with van der Waals surface area (Å²) in [6.45, 7) is 7.83. The van der Waals surface area contributed by atoms with E-state index in [2.05, 4.69) is 13.8 Å². The molecule has 8 heteroatoms. The van der Waals surface area contributed by atoms with Crippen LogP contribution in [0.15, 0.2) is 18.2 Å². The number of nitro benzene ring substituents is 1. The van der Waals surface area contributed by atoms with Gasteiger partial charge in [-0.15, -0.1) is 0 Å². The highest BCUT2D eigenvalue weighted by Gasteiger charge is 2.40. The number of benzene rings is 1. The summed E-state index contributed by atoms with van der Waals surface area (Å²) < 4.78 is 12.0. The SMILES string of the molecule is CC(=O)SCC1O[C@@H](Oc2ccc([N+](=O)[O-])cc2Cl)C(C)[C@@H](C)[C@@H]1C. The lowest BCUT2D eigenvalue weighted by Crippen LogP contribution is -2.48. The fourth-order valence-electron chi connectivity index (χ4n) is 2.84. The molecule has 2 unspecified atom stereocenters. The average Bonchev–Trinajstić information content (AvgIpc) is 2.55. The Morgan fingerprint density at radius 1 is 1.32 bits per heavy atom. The summed E-state index contributed by atoms with van der Waals surface area (Å²) >= 11 is 7.35. The first-order valence-electron chi connectivity index (χ1n) is 8.10. The maximum Gasteiger partial charge on any atom is 0.271 e. The van der Waals surface area contributed by atoms with Crippen molar-refractivity contribution >= 4 is 34.2 Å². The summed E-state index contributed by atoms with van der Waals surface area (Å²) in [5.41, 5.74) is -0.0901. The summed E-state index contributed by atoms with van der Waals surface area (Å²) in [4.78, 5) is 21.5. The summed E-state index contributed by atoms with van der Waals surface area (Å²) in [6, 6.07) is 4.10. The summed E-state index contributed by atoms with van der Waals surface area (Å²) in [7, 11) is 0. The second-order valence-corrected chi connectivity index (χ2v) is 8.02. The molecule has 5 atom stereocenters. The molecule has 0 bridgehead atoms. The zero-order chi connectivity index (χ0) is 18.7. The largest absolute Gasteiger partial charge is 0.463 e. The van der Waals surface area contributed by atoms with Crippen LogP contribution in [0.3, 0.4) is 0 Å². The highest BCUT2D eigenvalue weighted by Crippen LogP contribution is 2.38. The monoisotopic (exact) mass is 387 g/mol. The molecule has 25 heavy (non-hydrogen) atoms. The molecule has 0 spiro atoms. The molecule has 1 aromatic rings. The number of nitrogens with zero attached hydrogens (tertiary/aromatic N) is 1. The van der Waals surface area contributed by atoms with Gasteiger partial charge in [0.15, 0.2) is 5.12 Å². The van der Waals surface area contributed by atoms with Crippen LogP contribution in [0.2, 0.25) is 5.02 Å². The van der Waals surface area contributed by atoms with Gasteiger partial charge in [-0.2, -0.15) is 0 Å². The van der Waals surface area contributed by atoms with E-state index in [1.165, 1.54) is 36.9 Å². The van der Waals surface area contributed by atoms with Crippen LogP contribution in [0, 0.1) is 27.9 Å². The Labute approximate surface area is 156 Å². The molecule has 6 nitrogen and oxygen atoms in total. The van der Waals surface area contributed by atoms with Gasteiger partial charge in [0.25, 0.3) is 5.69 Å². The number of nitro groups is 1. The van der Waals surface area contributed by atoms with Gasteiger partial charge in [-0.25, -0.2) is 0 Å². The van der Waals surface area contributed by atoms with E-state index in [1.54, 1.807) is 0 Å². The van der Waals surface area contributed by atoms with E-state index in [0.29, 0.717) is 17.4 Å². The quantitative estimate of drug-likeness (QED) is 0.545. The van der Waals surface area contributed by atoms with Gasteiger partial charge < -0.3 is 9.47 Å². The van der Waals surface area contributed by atoms with Gasteiger partial charge in [0.05, 0.1) is 16.0 Å². The zero-order valence-corrected chi connectivity index (χ0v) is 16.2. The Bertz CT molecular complexity index is 656. The van der Waals surface area contributed by atoms with E-state index in [4.69, 9.17) is 21.1 Å². The third-order valence-electron chi connectivity index (χ3n) is 4.80. The molecule has 2 rings (SSSR count). The Balaban J connectivity index is 2.14. The number of carbonyl (C=O) groups excluding carboxylic acids is 1. The summed E-state index contributed by atoms with van der Waals surface area (Å²) in [5.74, 6) is 1.65. The van der Waals surface area contributed by atoms with Crippen molar-refractivity contribution in [3.05, 3.63) is 33.3 Å². The van der Waals surface area contributed by atoms with Gasteiger partial charge in [0.2, 0.25) is 6.29 Å². The van der Waals surface area contributed by atoms with Crippen molar-refractivity contribution in [1.29, 1.82) is 0 Å². The van der Waals surface area contributed by atoms with Gasteiger partial charge in [-0.05, 0) is 17.9 Å². The standard InChI is InChI=1S/C17H22ClNO5S/c1-9-10(2)16(8-25-12(4)20)24-17(11(9)3)23-15-6-5-13(19(21)22)7-14(15)18/h5-7,9-11,16-17H,8H2,1-4H3/t9-,10-,11?,16?,17+/m0/s1. The van der Waals surface area contributed by atoms with Crippen LogP contribution in [0.1, 0.15) is 27.7 Å². The molecule has 0 aromatic heterocycles.